The van der Waals surface area contributed by atoms with Crippen molar-refractivity contribution >= 4 is 17.7 Å². The zero-order valence-electron chi connectivity index (χ0n) is 13.7. The van der Waals surface area contributed by atoms with Gasteiger partial charge < -0.3 is 14.4 Å². The molecular formula is C17H19N3O3S. The topological polar surface area (TPSA) is 64.6 Å². The fourth-order valence-corrected chi connectivity index (χ4v) is 3.13. The molecule has 0 fully saturated rings. The summed E-state index contributed by atoms with van der Waals surface area (Å²) < 4.78 is 10.7. The fourth-order valence-electron chi connectivity index (χ4n) is 2.41. The van der Waals surface area contributed by atoms with Crippen LogP contribution in [-0.2, 0) is 4.79 Å². The van der Waals surface area contributed by atoms with E-state index >= 15 is 0 Å². The Labute approximate surface area is 145 Å². The quantitative estimate of drug-likeness (QED) is 0.750. The lowest BCUT2D eigenvalue weighted by Gasteiger charge is -2.17. The van der Waals surface area contributed by atoms with Crippen LogP contribution < -0.4 is 9.47 Å². The average Bonchev–Trinajstić information content (AvgIpc) is 3.09. The lowest BCUT2D eigenvalue weighted by molar-refractivity contribution is -0.127. The Hall–Kier alpha value is -2.28. The molecule has 3 rings (SSSR count). The Balaban J connectivity index is 1.64. The molecule has 0 unspecified atom stereocenters. The van der Waals surface area contributed by atoms with Crippen LogP contribution in [0.2, 0.25) is 0 Å². The van der Waals surface area contributed by atoms with E-state index in [1.54, 1.807) is 4.90 Å². The summed E-state index contributed by atoms with van der Waals surface area (Å²) in [5.41, 5.74) is 1.68. The highest BCUT2D eigenvalue weighted by atomic mass is 32.2. The molecule has 0 bridgehead atoms. The van der Waals surface area contributed by atoms with Gasteiger partial charge in [-0.1, -0.05) is 11.8 Å². The van der Waals surface area contributed by atoms with Crippen LogP contribution in [0.4, 0.5) is 0 Å². The molecular weight excluding hydrogens is 326 g/mol. The maximum atomic E-state index is 12.0. The van der Waals surface area contributed by atoms with Crippen molar-refractivity contribution in [3.8, 4) is 22.8 Å². The van der Waals surface area contributed by atoms with Crippen molar-refractivity contribution in [2.75, 3.05) is 25.6 Å². The number of hydrogen-bond donors (Lipinski definition) is 0. The first-order chi connectivity index (χ1) is 11.7. The van der Waals surface area contributed by atoms with Gasteiger partial charge in [0.2, 0.25) is 12.7 Å². The molecule has 0 atom stereocenters. The zero-order valence-corrected chi connectivity index (χ0v) is 14.5. The molecule has 1 amide bonds. The van der Waals surface area contributed by atoms with E-state index in [2.05, 4.69) is 10.2 Å². The number of fused-ring (bicyclic) bond motifs is 1. The minimum absolute atomic E-state index is 0.117. The van der Waals surface area contributed by atoms with Gasteiger partial charge in [0.15, 0.2) is 11.5 Å². The van der Waals surface area contributed by atoms with Gasteiger partial charge in [-0.2, -0.15) is 0 Å². The number of amides is 1. The van der Waals surface area contributed by atoms with Crippen molar-refractivity contribution in [3.63, 3.8) is 0 Å². The highest BCUT2D eigenvalue weighted by Crippen LogP contribution is 2.35. The van der Waals surface area contributed by atoms with Crippen molar-refractivity contribution in [1.29, 1.82) is 0 Å². The number of aromatic nitrogens is 2. The maximum absolute atomic E-state index is 12.0. The molecule has 0 radical (unpaired) electrons. The second-order valence-corrected chi connectivity index (χ2v) is 6.18. The molecule has 1 aliphatic rings. The Kier molecular flexibility index (Phi) is 5.20. The molecule has 0 N–H and O–H groups in total. The van der Waals surface area contributed by atoms with Gasteiger partial charge in [-0.3, -0.25) is 4.79 Å². The molecule has 7 heteroatoms. The number of carbonyl (C=O) groups is 1. The summed E-state index contributed by atoms with van der Waals surface area (Å²) in [6, 6.07) is 9.46. The molecule has 1 aromatic heterocycles. The minimum atomic E-state index is 0.117. The van der Waals surface area contributed by atoms with Gasteiger partial charge >= 0.3 is 0 Å². The van der Waals surface area contributed by atoms with Gasteiger partial charge in [-0.05, 0) is 44.2 Å². The van der Waals surface area contributed by atoms with Gasteiger partial charge in [-0.25, -0.2) is 0 Å². The molecule has 6 nitrogen and oxygen atoms in total. The number of carbonyl (C=O) groups excluding carboxylic acids is 1. The Morgan fingerprint density at radius 2 is 1.92 bits per heavy atom. The third-order valence-electron chi connectivity index (χ3n) is 3.77. The number of nitrogens with zero attached hydrogens (tertiary/aromatic N) is 3. The highest BCUT2D eigenvalue weighted by Gasteiger charge is 2.15. The van der Waals surface area contributed by atoms with Crippen molar-refractivity contribution in [3.05, 3.63) is 30.3 Å². The van der Waals surface area contributed by atoms with Crippen LogP contribution in [-0.4, -0.2) is 46.6 Å². The van der Waals surface area contributed by atoms with E-state index in [0.29, 0.717) is 5.75 Å². The summed E-state index contributed by atoms with van der Waals surface area (Å²) >= 11 is 1.40. The Morgan fingerprint density at radius 3 is 2.62 bits per heavy atom. The predicted molar refractivity (Wildman–Crippen MR) is 92.2 cm³/mol. The van der Waals surface area contributed by atoms with Crippen molar-refractivity contribution in [2.24, 2.45) is 0 Å². The first-order valence-corrected chi connectivity index (χ1v) is 8.84. The third-order valence-corrected chi connectivity index (χ3v) is 4.67. The summed E-state index contributed by atoms with van der Waals surface area (Å²) in [5.74, 6) is 1.96. The first kappa shape index (κ1) is 16.6. The second-order valence-electron chi connectivity index (χ2n) is 5.18. The van der Waals surface area contributed by atoms with Crippen molar-refractivity contribution < 1.29 is 14.3 Å². The fraction of sp³-hybridized carbons (Fsp3) is 0.353. The van der Waals surface area contributed by atoms with Crippen LogP contribution in [0.5, 0.6) is 11.5 Å². The number of ether oxygens (including phenoxy) is 2. The van der Waals surface area contributed by atoms with Gasteiger partial charge in [0.1, 0.15) is 5.03 Å². The summed E-state index contributed by atoms with van der Waals surface area (Å²) in [6.45, 7) is 5.66. The molecule has 1 aliphatic heterocycles. The smallest absolute Gasteiger partial charge is 0.232 e. The normalized spacial score (nSPS) is 12.2. The molecule has 1 aromatic carbocycles. The Morgan fingerprint density at radius 1 is 1.12 bits per heavy atom. The SMILES string of the molecule is CCN(CC)C(=O)CSc1ccc(-c2ccc3c(c2)OCO3)nn1. The molecule has 2 heterocycles. The Bertz CT molecular complexity index is 718. The second kappa shape index (κ2) is 7.53. The van der Waals surface area contributed by atoms with Gasteiger partial charge in [0.25, 0.3) is 0 Å². The number of rotatable bonds is 6. The van der Waals surface area contributed by atoms with E-state index in [1.165, 1.54) is 11.8 Å². The number of hydrogen-bond acceptors (Lipinski definition) is 6. The molecule has 0 saturated heterocycles. The zero-order chi connectivity index (χ0) is 16.9. The van der Waals surface area contributed by atoms with Crippen LogP contribution >= 0.6 is 11.8 Å². The molecule has 0 spiro atoms. The summed E-state index contributed by atoms with van der Waals surface area (Å²) in [4.78, 5) is 13.8. The monoisotopic (exact) mass is 345 g/mol. The van der Waals surface area contributed by atoms with Crippen molar-refractivity contribution in [1.82, 2.24) is 15.1 Å². The average molecular weight is 345 g/mol. The molecule has 0 saturated carbocycles. The highest BCUT2D eigenvalue weighted by molar-refractivity contribution is 7.99. The molecule has 126 valence electrons. The van der Waals surface area contributed by atoms with Crippen LogP contribution in [0, 0.1) is 0 Å². The van der Waals surface area contributed by atoms with Crippen LogP contribution in [0.1, 0.15) is 13.8 Å². The standard InChI is InChI=1S/C17H19N3O3S/c1-3-20(4-2)17(21)10-24-16-8-6-13(18-19-16)12-5-7-14-15(9-12)23-11-22-14/h5-9H,3-4,10-11H2,1-2H3. The summed E-state index contributed by atoms with van der Waals surface area (Å²) in [6.07, 6.45) is 0. The van der Waals surface area contributed by atoms with Crippen molar-refractivity contribution in [2.45, 2.75) is 18.9 Å². The molecule has 2 aromatic rings. The van der Waals surface area contributed by atoms with Gasteiger partial charge in [0.05, 0.1) is 11.4 Å². The minimum Gasteiger partial charge on any atom is -0.454 e. The van der Waals surface area contributed by atoms with Crippen LogP contribution in [0.3, 0.4) is 0 Å². The van der Waals surface area contributed by atoms with E-state index in [9.17, 15) is 4.79 Å². The maximum Gasteiger partial charge on any atom is 0.232 e. The predicted octanol–water partition coefficient (Wildman–Crippen LogP) is 2.83. The van der Waals surface area contributed by atoms with Crippen LogP contribution in [0.15, 0.2) is 35.4 Å². The molecule has 24 heavy (non-hydrogen) atoms. The summed E-state index contributed by atoms with van der Waals surface area (Å²) in [7, 11) is 0. The van der Waals surface area contributed by atoms with Gasteiger partial charge in [-0.15, -0.1) is 10.2 Å². The van der Waals surface area contributed by atoms with E-state index in [4.69, 9.17) is 9.47 Å². The lowest BCUT2D eigenvalue weighted by atomic mass is 10.1. The van der Waals surface area contributed by atoms with E-state index in [1.807, 2.05) is 44.2 Å². The van der Waals surface area contributed by atoms with Gasteiger partial charge in [0, 0.05) is 18.7 Å². The number of benzene rings is 1. The van der Waals surface area contributed by atoms with E-state index < -0.39 is 0 Å². The number of thioether (sulfide) groups is 1. The third kappa shape index (κ3) is 3.62. The van der Waals surface area contributed by atoms with E-state index in [-0.39, 0.29) is 12.7 Å². The lowest BCUT2D eigenvalue weighted by Crippen LogP contribution is -2.31. The van der Waals surface area contributed by atoms with Crippen LogP contribution in [0.25, 0.3) is 11.3 Å². The molecule has 0 aliphatic carbocycles. The largest absolute Gasteiger partial charge is 0.454 e. The first-order valence-electron chi connectivity index (χ1n) is 7.85. The van der Waals surface area contributed by atoms with E-state index in [0.717, 1.165) is 40.9 Å². The summed E-state index contributed by atoms with van der Waals surface area (Å²) in [5, 5.41) is 9.18.